The molecule has 4 rings (SSSR count). The number of halogens is 2. The fraction of sp³-hybridized carbons (Fsp3) is 0.200. The predicted molar refractivity (Wildman–Crippen MR) is 98.5 cm³/mol. The topological polar surface area (TPSA) is 42.0 Å². The first-order valence-electron chi connectivity index (χ1n) is 8.45. The molecule has 0 spiro atoms. The lowest BCUT2D eigenvalue weighted by atomic mass is 9.90. The molecule has 1 N–H and O–H groups in total. The van der Waals surface area contributed by atoms with Crippen molar-refractivity contribution < 1.29 is 13.6 Å². The summed E-state index contributed by atoms with van der Waals surface area (Å²) < 4.78 is 27.4. The van der Waals surface area contributed by atoms with Crippen molar-refractivity contribution in [2.75, 3.05) is 5.32 Å². The normalized spacial score (nSPS) is 13.3. The van der Waals surface area contributed by atoms with Crippen LogP contribution >= 0.6 is 11.3 Å². The van der Waals surface area contributed by atoms with Gasteiger partial charge in [0, 0.05) is 10.9 Å². The van der Waals surface area contributed by atoms with Gasteiger partial charge >= 0.3 is 0 Å². The maximum absolute atomic E-state index is 13.7. The Morgan fingerprint density at radius 2 is 1.77 bits per heavy atom. The fourth-order valence-electron chi connectivity index (χ4n) is 3.23. The number of aromatic nitrogens is 1. The number of carbonyl (C=O) groups is 1. The summed E-state index contributed by atoms with van der Waals surface area (Å²) in [6, 6.07) is 9.64. The Morgan fingerprint density at radius 3 is 2.54 bits per heavy atom. The number of aryl methyl sites for hydroxylation is 2. The highest BCUT2D eigenvalue weighted by Gasteiger charge is 2.18. The van der Waals surface area contributed by atoms with Crippen LogP contribution in [0.4, 0.5) is 13.9 Å². The van der Waals surface area contributed by atoms with E-state index in [0.717, 1.165) is 36.2 Å². The van der Waals surface area contributed by atoms with E-state index in [2.05, 4.69) is 22.4 Å². The van der Waals surface area contributed by atoms with Crippen molar-refractivity contribution in [3.63, 3.8) is 0 Å². The van der Waals surface area contributed by atoms with Crippen LogP contribution in [0.25, 0.3) is 11.3 Å². The molecule has 1 aliphatic rings. The van der Waals surface area contributed by atoms with Gasteiger partial charge in [-0.05, 0) is 55.0 Å². The smallest absolute Gasteiger partial charge is 0.263 e. The molecule has 1 aromatic heterocycles. The molecule has 3 nitrogen and oxygen atoms in total. The lowest BCUT2D eigenvalue weighted by Crippen LogP contribution is -2.15. The van der Waals surface area contributed by atoms with Crippen molar-refractivity contribution in [1.82, 2.24) is 4.98 Å². The molecule has 0 fully saturated rings. The predicted octanol–water partition coefficient (Wildman–Crippen LogP) is 5.22. The molecule has 1 amide bonds. The zero-order chi connectivity index (χ0) is 18.1. The summed E-state index contributed by atoms with van der Waals surface area (Å²) in [6.07, 6.45) is 4.61. The molecule has 1 heterocycles. The highest BCUT2D eigenvalue weighted by Crippen LogP contribution is 2.30. The second-order valence-electron chi connectivity index (χ2n) is 6.28. The van der Waals surface area contributed by atoms with Crippen LogP contribution < -0.4 is 5.32 Å². The zero-order valence-electron chi connectivity index (χ0n) is 13.9. The maximum atomic E-state index is 13.7. The minimum atomic E-state index is -0.894. The number of benzene rings is 2. The average Bonchev–Trinajstić information content (AvgIpc) is 3.09. The van der Waals surface area contributed by atoms with Crippen LogP contribution in [0, 0.1) is 11.6 Å². The molecule has 6 heteroatoms. The summed E-state index contributed by atoms with van der Waals surface area (Å²) in [4.78, 5) is 16.6. The van der Waals surface area contributed by atoms with Crippen LogP contribution in [-0.4, -0.2) is 10.9 Å². The number of anilines is 1. The summed E-state index contributed by atoms with van der Waals surface area (Å²) in [5.74, 6) is -2.63. The summed E-state index contributed by atoms with van der Waals surface area (Å²) in [5, 5.41) is 4.62. The minimum Gasteiger partial charge on any atom is -0.298 e. The SMILES string of the molecule is O=C(Nc1nc(-c2ccc3c(c2)CCCC3)cs1)c1c(F)cccc1F. The first kappa shape index (κ1) is 16.8. The quantitative estimate of drug-likeness (QED) is 0.687. The molecule has 2 aromatic carbocycles. The molecule has 26 heavy (non-hydrogen) atoms. The number of nitrogens with zero attached hydrogens (tertiary/aromatic N) is 1. The van der Waals surface area contributed by atoms with Gasteiger partial charge in [-0.1, -0.05) is 18.2 Å². The van der Waals surface area contributed by atoms with E-state index in [9.17, 15) is 13.6 Å². The van der Waals surface area contributed by atoms with Crippen LogP contribution in [-0.2, 0) is 12.8 Å². The van der Waals surface area contributed by atoms with Gasteiger partial charge in [-0.3, -0.25) is 10.1 Å². The van der Waals surface area contributed by atoms with E-state index in [0.29, 0.717) is 5.13 Å². The van der Waals surface area contributed by atoms with Gasteiger partial charge < -0.3 is 0 Å². The standard InChI is InChI=1S/C20H16F2N2OS/c21-15-6-3-7-16(22)18(15)19(25)24-20-23-17(11-26-20)14-9-8-12-4-1-2-5-13(12)10-14/h3,6-11H,1-2,4-5H2,(H,23,24,25). The number of hydrogen-bond donors (Lipinski definition) is 1. The number of thiazole rings is 1. The Morgan fingerprint density at radius 1 is 1.04 bits per heavy atom. The molecule has 0 unspecified atom stereocenters. The molecule has 3 aromatic rings. The Bertz CT molecular complexity index is 963. The van der Waals surface area contributed by atoms with Gasteiger partial charge in [0.15, 0.2) is 5.13 Å². The Labute approximate surface area is 153 Å². The molecule has 1 aliphatic carbocycles. The van der Waals surface area contributed by atoms with Crippen LogP contribution in [0.2, 0.25) is 0 Å². The lowest BCUT2D eigenvalue weighted by molar-refractivity contribution is 0.101. The van der Waals surface area contributed by atoms with Crippen molar-refractivity contribution >= 4 is 22.4 Å². The minimum absolute atomic E-state index is 0.311. The van der Waals surface area contributed by atoms with E-state index in [1.807, 2.05) is 11.4 Å². The van der Waals surface area contributed by atoms with Gasteiger partial charge in [-0.2, -0.15) is 0 Å². The average molecular weight is 370 g/mol. The molecule has 132 valence electrons. The van der Waals surface area contributed by atoms with Crippen molar-refractivity contribution in [2.24, 2.45) is 0 Å². The van der Waals surface area contributed by atoms with E-state index in [1.54, 1.807) is 0 Å². The Kier molecular flexibility index (Phi) is 4.51. The molecule has 0 bridgehead atoms. The second-order valence-corrected chi connectivity index (χ2v) is 7.14. The third-order valence-electron chi connectivity index (χ3n) is 4.56. The third kappa shape index (κ3) is 3.24. The number of hydrogen-bond acceptors (Lipinski definition) is 3. The van der Waals surface area contributed by atoms with Crippen molar-refractivity contribution in [3.8, 4) is 11.3 Å². The summed E-state index contributed by atoms with van der Waals surface area (Å²) in [5.41, 5.74) is 3.87. The third-order valence-corrected chi connectivity index (χ3v) is 5.32. The van der Waals surface area contributed by atoms with E-state index >= 15 is 0 Å². The molecule has 0 aliphatic heterocycles. The molecule has 0 radical (unpaired) electrons. The highest BCUT2D eigenvalue weighted by molar-refractivity contribution is 7.14. The molecule has 0 saturated heterocycles. The van der Waals surface area contributed by atoms with Gasteiger partial charge in [0.25, 0.3) is 5.91 Å². The van der Waals surface area contributed by atoms with Gasteiger partial charge in [0.05, 0.1) is 5.69 Å². The molecule has 0 atom stereocenters. The van der Waals surface area contributed by atoms with Gasteiger partial charge in [0.2, 0.25) is 0 Å². The van der Waals surface area contributed by atoms with Gasteiger partial charge in [-0.15, -0.1) is 11.3 Å². The van der Waals surface area contributed by atoms with Crippen molar-refractivity contribution in [1.29, 1.82) is 0 Å². The summed E-state index contributed by atoms with van der Waals surface area (Å²) in [6.45, 7) is 0. The van der Waals surface area contributed by atoms with Crippen LogP contribution in [0.3, 0.4) is 0 Å². The van der Waals surface area contributed by atoms with E-state index in [1.165, 1.54) is 41.4 Å². The largest absolute Gasteiger partial charge is 0.298 e. The molecular weight excluding hydrogens is 354 g/mol. The lowest BCUT2D eigenvalue weighted by Gasteiger charge is -2.16. The number of rotatable bonds is 3. The van der Waals surface area contributed by atoms with Gasteiger partial charge in [0.1, 0.15) is 17.2 Å². The van der Waals surface area contributed by atoms with Crippen LogP contribution in [0.15, 0.2) is 41.8 Å². The summed E-state index contributed by atoms with van der Waals surface area (Å²) in [7, 11) is 0. The summed E-state index contributed by atoms with van der Waals surface area (Å²) >= 11 is 1.23. The maximum Gasteiger partial charge on any atom is 0.263 e. The Hall–Kier alpha value is -2.60. The molecule has 0 saturated carbocycles. The van der Waals surface area contributed by atoms with Crippen LogP contribution in [0.5, 0.6) is 0 Å². The van der Waals surface area contributed by atoms with Crippen LogP contribution in [0.1, 0.15) is 34.3 Å². The van der Waals surface area contributed by atoms with Crippen molar-refractivity contribution in [3.05, 3.63) is 70.1 Å². The first-order valence-corrected chi connectivity index (χ1v) is 9.33. The number of carbonyl (C=O) groups excluding carboxylic acids is 1. The van der Waals surface area contributed by atoms with E-state index < -0.39 is 23.1 Å². The Balaban J connectivity index is 1.56. The highest BCUT2D eigenvalue weighted by atomic mass is 32.1. The first-order chi connectivity index (χ1) is 12.6. The molecular formula is C20H16F2N2OS. The number of nitrogens with one attached hydrogen (secondary N) is 1. The van der Waals surface area contributed by atoms with Gasteiger partial charge in [-0.25, -0.2) is 13.8 Å². The number of fused-ring (bicyclic) bond motifs is 1. The van der Waals surface area contributed by atoms with E-state index in [-0.39, 0.29) is 0 Å². The number of amides is 1. The second kappa shape index (κ2) is 6.96. The fourth-order valence-corrected chi connectivity index (χ4v) is 3.95. The zero-order valence-corrected chi connectivity index (χ0v) is 14.7. The van der Waals surface area contributed by atoms with Crippen molar-refractivity contribution in [2.45, 2.75) is 25.7 Å². The monoisotopic (exact) mass is 370 g/mol. The van der Waals surface area contributed by atoms with E-state index in [4.69, 9.17) is 0 Å².